The number of hydrogen-bond donors (Lipinski definition) is 1. The molecule has 3 nitrogen and oxygen atoms in total. The third kappa shape index (κ3) is 4.93. The summed E-state index contributed by atoms with van der Waals surface area (Å²) >= 11 is 0. The lowest BCUT2D eigenvalue weighted by molar-refractivity contribution is -0.197. The first-order valence-electron chi connectivity index (χ1n) is 7.08. The summed E-state index contributed by atoms with van der Waals surface area (Å²) in [6, 6.07) is -2.42. The maximum absolute atomic E-state index is 13.2. The monoisotopic (exact) mass is 282 g/mol. The summed E-state index contributed by atoms with van der Waals surface area (Å²) in [5.74, 6) is 0. The molecule has 1 rings (SSSR count). The summed E-state index contributed by atoms with van der Waals surface area (Å²) in [5.41, 5.74) is 5.68. The molecule has 1 aliphatic rings. The highest BCUT2D eigenvalue weighted by Crippen LogP contribution is 2.30. The Morgan fingerprint density at radius 3 is 2.58 bits per heavy atom. The standard InChI is InChI=1S/C13H25F3N2O/c1-3-8-19-10-6-5-7-18(9-10)12(11(17)4-2)13(14,15)16/h10-12H,3-9,17H2,1-2H3. The van der Waals surface area contributed by atoms with Gasteiger partial charge >= 0.3 is 6.18 Å². The molecular formula is C13H25F3N2O. The van der Waals surface area contributed by atoms with Gasteiger partial charge in [-0.05, 0) is 32.2 Å². The molecule has 1 aliphatic heterocycles. The van der Waals surface area contributed by atoms with Gasteiger partial charge in [0, 0.05) is 19.2 Å². The van der Waals surface area contributed by atoms with Crippen LogP contribution in [0.15, 0.2) is 0 Å². The van der Waals surface area contributed by atoms with Crippen LogP contribution in [-0.2, 0) is 4.74 Å². The van der Waals surface area contributed by atoms with Crippen molar-refractivity contribution in [2.75, 3.05) is 19.7 Å². The van der Waals surface area contributed by atoms with Crippen LogP contribution in [0.3, 0.4) is 0 Å². The third-order valence-electron chi connectivity index (χ3n) is 3.57. The molecule has 0 aromatic carbocycles. The molecule has 0 spiro atoms. The van der Waals surface area contributed by atoms with Crippen LogP contribution in [0.2, 0.25) is 0 Å². The summed E-state index contributed by atoms with van der Waals surface area (Å²) in [7, 11) is 0. The van der Waals surface area contributed by atoms with Crippen LogP contribution in [0.1, 0.15) is 39.5 Å². The van der Waals surface area contributed by atoms with Crippen molar-refractivity contribution < 1.29 is 17.9 Å². The topological polar surface area (TPSA) is 38.5 Å². The van der Waals surface area contributed by atoms with Gasteiger partial charge in [0.05, 0.1) is 6.10 Å². The molecule has 1 heterocycles. The Hall–Kier alpha value is -0.330. The molecular weight excluding hydrogens is 257 g/mol. The van der Waals surface area contributed by atoms with Gasteiger partial charge in [-0.1, -0.05) is 13.8 Å². The molecule has 0 aromatic heterocycles. The molecule has 19 heavy (non-hydrogen) atoms. The van der Waals surface area contributed by atoms with Crippen molar-refractivity contribution in [3.05, 3.63) is 0 Å². The Bertz CT molecular complexity index is 261. The van der Waals surface area contributed by atoms with Crippen LogP contribution in [0.4, 0.5) is 13.2 Å². The summed E-state index contributed by atoms with van der Waals surface area (Å²) in [5, 5.41) is 0. The lowest BCUT2D eigenvalue weighted by Crippen LogP contribution is -2.59. The van der Waals surface area contributed by atoms with Crippen LogP contribution in [-0.4, -0.2) is 49.0 Å². The third-order valence-corrected chi connectivity index (χ3v) is 3.57. The van der Waals surface area contributed by atoms with E-state index in [2.05, 4.69) is 0 Å². The lowest BCUT2D eigenvalue weighted by Gasteiger charge is -2.41. The number of piperidine rings is 1. The molecule has 1 saturated heterocycles. The lowest BCUT2D eigenvalue weighted by atomic mass is 9.99. The SMILES string of the molecule is CCCOC1CCCN(C(C(N)CC)C(F)(F)F)C1. The molecule has 0 radical (unpaired) electrons. The van der Waals surface area contributed by atoms with Gasteiger partial charge in [-0.15, -0.1) is 0 Å². The van der Waals surface area contributed by atoms with Crippen LogP contribution < -0.4 is 5.73 Å². The van der Waals surface area contributed by atoms with E-state index >= 15 is 0 Å². The van der Waals surface area contributed by atoms with E-state index in [0.717, 1.165) is 19.3 Å². The predicted molar refractivity (Wildman–Crippen MR) is 68.9 cm³/mol. The minimum Gasteiger partial charge on any atom is -0.377 e. The van der Waals surface area contributed by atoms with Crippen LogP contribution in [0.25, 0.3) is 0 Å². The first-order chi connectivity index (χ1) is 8.90. The normalized spacial score (nSPS) is 25.3. The first-order valence-corrected chi connectivity index (χ1v) is 7.08. The molecule has 114 valence electrons. The van der Waals surface area contributed by atoms with Crippen molar-refractivity contribution >= 4 is 0 Å². The molecule has 3 unspecified atom stereocenters. The summed E-state index contributed by atoms with van der Waals surface area (Å²) in [4.78, 5) is 1.46. The summed E-state index contributed by atoms with van der Waals surface area (Å²) < 4.78 is 45.1. The molecule has 0 saturated carbocycles. The highest BCUT2D eigenvalue weighted by Gasteiger charge is 2.47. The maximum Gasteiger partial charge on any atom is 0.405 e. The van der Waals surface area contributed by atoms with Gasteiger partial charge in [0.2, 0.25) is 0 Å². The smallest absolute Gasteiger partial charge is 0.377 e. The molecule has 3 atom stereocenters. The van der Waals surface area contributed by atoms with Crippen molar-refractivity contribution in [2.24, 2.45) is 5.73 Å². The fourth-order valence-corrected chi connectivity index (χ4v) is 2.58. The zero-order valence-corrected chi connectivity index (χ0v) is 11.7. The average molecular weight is 282 g/mol. The van der Waals surface area contributed by atoms with E-state index in [1.165, 1.54) is 4.90 Å². The second kappa shape index (κ2) is 7.45. The first kappa shape index (κ1) is 16.7. The second-order valence-corrected chi connectivity index (χ2v) is 5.19. The van der Waals surface area contributed by atoms with Crippen molar-refractivity contribution in [1.29, 1.82) is 0 Å². The van der Waals surface area contributed by atoms with E-state index in [4.69, 9.17) is 10.5 Å². The second-order valence-electron chi connectivity index (χ2n) is 5.19. The quantitative estimate of drug-likeness (QED) is 0.813. The van der Waals surface area contributed by atoms with E-state index < -0.39 is 18.3 Å². The summed E-state index contributed by atoms with van der Waals surface area (Å²) in [6.45, 7) is 5.07. The number of alkyl halides is 3. The van der Waals surface area contributed by atoms with E-state index in [1.54, 1.807) is 6.92 Å². The van der Waals surface area contributed by atoms with E-state index in [1.807, 2.05) is 6.92 Å². The molecule has 0 aromatic rings. The fraction of sp³-hybridized carbons (Fsp3) is 1.00. The van der Waals surface area contributed by atoms with E-state index in [9.17, 15) is 13.2 Å². The van der Waals surface area contributed by atoms with Crippen molar-refractivity contribution in [2.45, 2.75) is 63.9 Å². The molecule has 2 N–H and O–H groups in total. The maximum atomic E-state index is 13.2. The number of rotatable bonds is 6. The Morgan fingerprint density at radius 2 is 2.05 bits per heavy atom. The van der Waals surface area contributed by atoms with Gasteiger partial charge in [0.15, 0.2) is 0 Å². The Balaban J connectivity index is 2.68. The molecule has 0 bridgehead atoms. The van der Waals surface area contributed by atoms with Crippen molar-refractivity contribution in [3.63, 3.8) is 0 Å². The van der Waals surface area contributed by atoms with Gasteiger partial charge < -0.3 is 10.5 Å². The number of likely N-dealkylation sites (tertiary alicyclic amines) is 1. The number of halogens is 3. The number of nitrogens with zero attached hydrogens (tertiary/aromatic N) is 1. The van der Waals surface area contributed by atoms with Gasteiger partial charge in [-0.25, -0.2) is 0 Å². The van der Waals surface area contributed by atoms with Crippen LogP contribution >= 0.6 is 0 Å². The zero-order chi connectivity index (χ0) is 14.5. The van der Waals surface area contributed by atoms with Crippen LogP contribution in [0, 0.1) is 0 Å². The van der Waals surface area contributed by atoms with Crippen molar-refractivity contribution in [1.82, 2.24) is 4.90 Å². The van der Waals surface area contributed by atoms with Gasteiger partial charge in [-0.3, -0.25) is 4.90 Å². The van der Waals surface area contributed by atoms with Gasteiger partial charge in [0.25, 0.3) is 0 Å². The molecule has 6 heteroatoms. The Morgan fingerprint density at radius 1 is 1.37 bits per heavy atom. The number of nitrogens with two attached hydrogens (primary N) is 1. The zero-order valence-electron chi connectivity index (χ0n) is 11.7. The highest BCUT2D eigenvalue weighted by atomic mass is 19.4. The highest BCUT2D eigenvalue weighted by molar-refractivity contribution is 4.90. The van der Waals surface area contributed by atoms with Crippen LogP contribution in [0.5, 0.6) is 0 Å². The minimum absolute atomic E-state index is 0.0948. The minimum atomic E-state index is -4.28. The Labute approximate surface area is 113 Å². The summed E-state index contributed by atoms with van der Waals surface area (Å²) in [6.07, 6.45) is -1.60. The van der Waals surface area contributed by atoms with Crippen molar-refractivity contribution in [3.8, 4) is 0 Å². The largest absolute Gasteiger partial charge is 0.405 e. The van der Waals surface area contributed by atoms with Gasteiger partial charge in [0.1, 0.15) is 6.04 Å². The Kier molecular flexibility index (Phi) is 6.56. The van der Waals surface area contributed by atoms with E-state index in [0.29, 0.717) is 26.1 Å². The average Bonchev–Trinajstić information content (AvgIpc) is 2.35. The molecule has 0 aliphatic carbocycles. The molecule has 1 fully saturated rings. The fourth-order valence-electron chi connectivity index (χ4n) is 2.58. The number of hydrogen-bond acceptors (Lipinski definition) is 3. The molecule has 0 amide bonds. The van der Waals surface area contributed by atoms with Gasteiger partial charge in [-0.2, -0.15) is 13.2 Å². The predicted octanol–water partition coefficient (Wildman–Crippen LogP) is 2.55. The number of ether oxygens (including phenoxy) is 1. The van der Waals surface area contributed by atoms with E-state index in [-0.39, 0.29) is 6.10 Å².